The van der Waals surface area contributed by atoms with Gasteiger partial charge in [-0.05, 0) is 30.2 Å². The van der Waals surface area contributed by atoms with Crippen LogP contribution in [0, 0.1) is 11.6 Å². The first-order chi connectivity index (χ1) is 9.08. The van der Waals surface area contributed by atoms with E-state index in [1.54, 1.807) is 0 Å². The first kappa shape index (κ1) is 15.1. The van der Waals surface area contributed by atoms with Gasteiger partial charge >= 0.3 is 5.97 Å². The van der Waals surface area contributed by atoms with E-state index in [-0.39, 0.29) is 5.56 Å². The minimum atomic E-state index is -0.818. The molecule has 0 aliphatic rings. The van der Waals surface area contributed by atoms with Gasteiger partial charge < -0.3 is 9.47 Å². The summed E-state index contributed by atoms with van der Waals surface area (Å²) in [6, 6.07) is 2.16. The number of carbonyl (C=O) groups excluding carboxylic acids is 1. The average molecular weight is 270 g/mol. The molecule has 0 aromatic heterocycles. The number of halogens is 2. The zero-order chi connectivity index (χ0) is 14.3. The Balaban J connectivity index is 2.69. The minimum absolute atomic E-state index is 0.225. The molecule has 1 rings (SSSR count). The number of ether oxygens (including phenoxy) is 2. The van der Waals surface area contributed by atoms with Crippen LogP contribution in [-0.4, -0.2) is 19.7 Å². The number of carbonyl (C=O) groups is 1. The topological polar surface area (TPSA) is 35.5 Å². The lowest BCUT2D eigenvalue weighted by atomic mass is 10.2. The lowest BCUT2D eigenvalue weighted by Crippen LogP contribution is -2.01. The molecule has 0 saturated heterocycles. The number of esters is 1. The van der Waals surface area contributed by atoms with Crippen LogP contribution < -0.4 is 4.74 Å². The van der Waals surface area contributed by atoms with Gasteiger partial charge in [-0.1, -0.05) is 13.3 Å². The largest absolute Gasteiger partial charge is 0.491 e. The van der Waals surface area contributed by atoms with Gasteiger partial charge in [0.05, 0.1) is 13.7 Å². The second-order valence-corrected chi connectivity index (χ2v) is 3.87. The Morgan fingerprint density at radius 1 is 1.32 bits per heavy atom. The fraction of sp³-hybridized carbons (Fsp3) is 0.357. The summed E-state index contributed by atoms with van der Waals surface area (Å²) in [7, 11) is 1.18. The summed E-state index contributed by atoms with van der Waals surface area (Å²) in [4.78, 5) is 11.3. The zero-order valence-electron chi connectivity index (χ0n) is 10.9. The molecule has 3 nitrogen and oxygen atoms in total. The van der Waals surface area contributed by atoms with E-state index in [1.807, 2.05) is 6.92 Å². The van der Waals surface area contributed by atoms with Gasteiger partial charge in [-0.3, -0.25) is 0 Å². The van der Waals surface area contributed by atoms with Gasteiger partial charge in [0.2, 0.25) is 0 Å². The van der Waals surface area contributed by atoms with Crippen molar-refractivity contribution in [1.82, 2.24) is 0 Å². The third-order valence-electron chi connectivity index (χ3n) is 2.38. The van der Waals surface area contributed by atoms with E-state index in [4.69, 9.17) is 4.74 Å². The van der Waals surface area contributed by atoms with Crippen molar-refractivity contribution in [3.8, 4) is 5.75 Å². The fourth-order valence-electron chi connectivity index (χ4n) is 1.40. The van der Waals surface area contributed by atoms with Gasteiger partial charge in [-0.25, -0.2) is 13.6 Å². The number of methoxy groups -OCH3 is 1. The zero-order valence-corrected chi connectivity index (χ0v) is 10.9. The fourth-order valence-corrected chi connectivity index (χ4v) is 1.40. The van der Waals surface area contributed by atoms with Crippen LogP contribution >= 0.6 is 0 Å². The minimum Gasteiger partial charge on any atom is -0.491 e. The van der Waals surface area contributed by atoms with E-state index in [0.717, 1.165) is 31.1 Å². The second kappa shape index (κ2) is 7.51. The van der Waals surface area contributed by atoms with Crippen molar-refractivity contribution >= 4 is 12.0 Å². The Morgan fingerprint density at radius 2 is 1.95 bits per heavy atom. The average Bonchev–Trinajstić information content (AvgIpc) is 2.36. The molecule has 0 fully saturated rings. The highest BCUT2D eigenvalue weighted by molar-refractivity contribution is 5.87. The second-order valence-electron chi connectivity index (χ2n) is 3.87. The van der Waals surface area contributed by atoms with Crippen LogP contribution in [0.1, 0.15) is 25.3 Å². The Morgan fingerprint density at radius 3 is 2.47 bits per heavy atom. The maximum absolute atomic E-state index is 13.4. The molecular formula is C14H16F2O3. The van der Waals surface area contributed by atoms with E-state index in [0.29, 0.717) is 6.61 Å². The van der Waals surface area contributed by atoms with Crippen molar-refractivity contribution in [2.75, 3.05) is 13.7 Å². The molecule has 0 amide bonds. The van der Waals surface area contributed by atoms with Crippen LogP contribution in [-0.2, 0) is 9.53 Å². The first-order valence-corrected chi connectivity index (χ1v) is 5.96. The van der Waals surface area contributed by atoms with Crippen LogP contribution in [0.2, 0.25) is 0 Å². The predicted octanol–water partition coefficient (Wildman–Crippen LogP) is 3.33. The molecule has 5 heteroatoms. The number of hydrogen-bond acceptors (Lipinski definition) is 3. The maximum Gasteiger partial charge on any atom is 0.330 e. The normalized spacial score (nSPS) is 10.7. The Bertz CT molecular complexity index is 447. The van der Waals surface area contributed by atoms with Gasteiger partial charge in [-0.2, -0.15) is 0 Å². The Labute approximate surface area is 110 Å². The van der Waals surface area contributed by atoms with Crippen molar-refractivity contribution in [3.63, 3.8) is 0 Å². The molecule has 0 bridgehead atoms. The summed E-state index contributed by atoms with van der Waals surface area (Å²) in [5.41, 5.74) is 0.225. The number of rotatable bonds is 6. The molecule has 0 unspecified atom stereocenters. The molecule has 0 spiro atoms. The van der Waals surface area contributed by atoms with Crippen molar-refractivity contribution in [3.05, 3.63) is 35.4 Å². The van der Waals surface area contributed by atoms with Crippen molar-refractivity contribution in [1.29, 1.82) is 0 Å². The molecule has 1 aromatic rings. The molecule has 0 radical (unpaired) electrons. The van der Waals surface area contributed by atoms with Crippen LogP contribution in [0.4, 0.5) is 8.78 Å². The van der Waals surface area contributed by atoms with Gasteiger partial charge in [0, 0.05) is 6.08 Å². The first-order valence-electron chi connectivity index (χ1n) is 5.96. The molecule has 0 heterocycles. The van der Waals surface area contributed by atoms with E-state index in [9.17, 15) is 13.6 Å². The molecule has 1 aromatic carbocycles. The Hall–Kier alpha value is -1.91. The van der Waals surface area contributed by atoms with Crippen LogP contribution in [0.5, 0.6) is 5.75 Å². The van der Waals surface area contributed by atoms with Crippen molar-refractivity contribution < 1.29 is 23.0 Å². The van der Waals surface area contributed by atoms with Gasteiger partial charge in [0.25, 0.3) is 0 Å². The number of hydrogen-bond donors (Lipinski definition) is 0. The number of benzene rings is 1. The lowest BCUT2D eigenvalue weighted by Gasteiger charge is -2.04. The van der Waals surface area contributed by atoms with Crippen molar-refractivity contribution in [2.45, 2.75) is 19.8 Å². The highest BCUT2D eigenvalue weighted by Crippen LogP contribution is 2.23. The van der Waals surface area contributed by atoms with Crippen molar-refractivity contribution in [2.24, 2.45) is 0 Å². The third-order valence-corrected chi connectivity index (χ3v) is 2.38. The molecule has 0 N–H and O–H groups in total. The highest BCUT2D eigenvalue weighted by atomic mass is 19.1. The molecule has 0 aliphatic heterocycles. The summed E-state index contributed by atoms with van der Waals surface area (Å²) in [6.07, 6.45) is 4.13. The third kappa shape index (κ3) is 4.69. The predicted molar refractivity (Wildman–Crippen MR) is 67.8 cm³/mol. The molecular weight excluding hydrogens is 254 g/mol. The van der Waals surface area contributed by atoms with Crippen LogP contribution in [0.25, 0.3) is 6.08 Å². The van der Waals surface area contributed by atoms with Gasteiger partial charge in [-0.15, -0.1) is 0 Å². The van der Waals surface area contributed by atoms with Crippen LogP contribution in [0.3, 0.4) is 0 Å². The lowest BCUT2D eigenvalue weighted by molar-refractivity contribution is -0.137. The SMILES string of the molecule is CCCCOC(=O)/C=C/c1cc(F)c(OC)c(F)c1. The van der Waals surface area contributed by atoms with E-state index in [2.05, 4.69) is 4.74 Å². The molecule has 19 heavy (non-hydrogen) atoms. The summed E-state index contributed by atoms with van der Waals surface area (Å²) in [5.74, 6) is -2.62. The Kier molecular flexibility index (Phi) is 5.99. The van der Waals surface area contributed by atoms with E-state index >= 15 is 0 Å². The van der Waals surface area contributed by atoms with Gasteiger partial charge in [0.1, 0.15) is 0 Å². The number of unbranched alkanes of at least 4 members (excludes halogenated alkanes) is 1. The molecule has 0 aliphatic carbocycles. The quantitative estimate of drug-likeness (QED) is 0.452. The standard InChI is InChI=1S/C14H16F2O3/c1-3-4-7-19-13(17)6-5-10-8-11(15)14(18-2)12(16)9-10/h5-6,8-9H,3-4,7H2,1-2H3/b6-5+. The summed E-state index contributed by atoms with van der Waals surface area (Å²) >= 11 is 0. The summed E-state index contributed by atoms with van der Waals surface area (Å²) in [5, 5.41) is 0. The highest BCUT2D eigenvalue weighted by Gasteiger charge is 2.10. The molecule has 0 atom stereocenters. The maximum atomic E-state index is 13.4. The smallest absolute Gasteiger partial charge is 0.330 e. The molecule has 0 saturated carbocycles. The van der Waals surface area contributed by atoms with Gasteiger partial charge in [0.15, 0.2) is 17.4 Å². The summed E-state index contributed by atoms with van der Waals surface area (Å²) in [6.45, 7) is 2.32. The van der Waals surface area contributed by atoms with E-state index in [1.165, 1.54) is 13.2 Å². The molecule has 104 valence electrons. The van der Waals surface area contributed by atoms with Crippen LogP contribution in [0.15, 0.2) is 18.2 Å². The summed E-state index contributed by atoms with van der Waals surface area (Å²) < 4.78 is 36.2. The monoisotopic (exact) mass is 270 g/mol. The van der Waals surface area contributed by atoms with E-state index < -0.39 is 23.4 Å².